The zero-order valence-corrected chi connectivity index (χ0v) is 16.9. The number of nitrogens with zero attached hydrogens (tertiary/aromatic N) is 3. The standard InChI is InChI=1S/C16H20BrN3O4S/c1-11-16(12(2)24-18-11)25(22,23)20(4)10-15(21)19(3)9-13-5-7-14(17)8-6-13/h5-8H,9-10H2,1-4H3. The molecule has 0 aliphatic heterocycles. The third-order valence-electron chi connectivity index (χ3n) is 3.75. The van der Waals surface area contributed by atoms with Gasteiger partial charge in [0.1, 0.15) is 10.6 Å². The summed E-state index contributed by atoms with van der Waals surface area (Å²) in [6.07, 6.45) is 0. The summed E-state index contributed by atoms with van der Waals surface area (Å²) >= 11 is 3.36. The lowest BCUT2D eigenvalue weighted by Gasteiger charge is -2.22. The van der Waals surface area contributed by atoms with E-state index in [2.05, 4.69) is 21.1 Å². The molecule has 1 aromatic heterocycles. The first kappa shape index (κ1) is 19.6. The Labute approximate surface area is 155 Å². The summed E-state index contributed by atoms with van der Waals surface area (Å²) in [5.74, 6) is -0.0965. The van der Waals surface area contributed by atoms with E-state index in [1.54, 1.807) is 14.0 Å². The van der Waals surface area contributed by atoms with Crippen molar-refractivity contribution >= 4 is 31.9 Å². The number of halogens is 1. The minimum Gasteiger partial charge on any atom is -0.360 e. The van der Waals surface area contributed by atoms with Gasteiger partial charge in [-0.25, -0.2) is 8.42 Å². The SMILES string of the molecule is Cc1noc(C)c1S(=O)(=O)N(C)CC(=O)N(C)Cc1ccc(Br)cc1. The average Bonchev–Trinajstić information content (AvgIpc) is 2.88. The molecular weight excluding hydrogens is 410 g/mol. The zero-order valence-electron chi connectivity index (χ0n) is 14.5. The number of rotatable bonds is 6. The molecule has 0 bridgehead atoms. The average molecular weight is 430 g/mol. The molecule has 1 heterocycles. The van der Waals surface area contributed by atoms with Crippen molar-refractivity contribution < 1.29 is 17.7 Å². The normalized spacial score (nSPS) is 11.8. The van der Waals surface area contributed by atoms with Gasteiger partial charge >= 0.3 is 0 Å². The predicted molar refractivity (Wildman–Crippen MR) is 96.4 cm³/mol. The Morgan fingerprint density at radius 3 is 2.32 bits per heavy atom. The first-order valence-corrected chi connectivity index (χ1v) is 9.74. The summed E-state index contributed by atoms with van der Waals surface area (Å²) in [6, 6.07) is 7.58. The van der Waals surface area contributed by atoms with Crippen molar-refractivity contribution in [2.45, 2.75) is 25.3 Å². The van der Waals surface area contributed by atoms with Crippen LogP contribution in [0.15, 0.2) is 38.2 Å². The van der Waals surface area contributed by atoms with E-state index < -0.39 is 10.0 Å². The van der Waals surface area contributed by atoms with Crippen molar-refractivity contribution in [3.05, 3.63) is 45.8 Å². The maximum absolute atomic E-state index is 12.6. The maximum atomic E-state index is 12.6. The van der Waals surface area contributed by atoms with Gasteiger partial charge < -0.3 is 9.42 Å². The molecular formula is C16H20BrN3O4S. The van der Waals surface area contributed by atoms with Gasteiger partial charge in [0.25, 0.3) is 0 Å². The van der Waals surface area contributed by atoms with Crippen LogP contribution < -0.4 is 0 Å². The van der Waals surface area contributed by atoms with E-state index in [0.717, 1.165) is 14.3 Å². The van der Waals surface area contributed by atoms with Crippen LogP contribution in [0, 0.1) is 13.8 Å². The fraction of sp³-hybridized carbons (Fsp3) is 0.375. The number of carbonyl (C=O) groups is 1. The number of aryl methyl sites for hydroxylation is 2. The van der Waals surface area contributed by atoms with E-state index in [-0.39, 0.29) is 28.8 Å². The van der Waals surface area contributed by atoms with Gasteiger partial charge in [0.2, 0.25) is 15.9 Å². The molecule has 2 rings (SSSR count). The second-order valence-corrected chi connectivity index (χ2v) is 8.69. The Bertz CT molecular complexity index is 843. The number of amides is 1. The molecule has 0 saturated carbocycles. The molecule has 0 N–H and O–H groups in total. The van der Waals surface area contributed by atoms with Gasteiger partial charge in [-0.3, -0.25) is 4.79 Å². The molecule has 0 radical (unpaired) electrons. The molecule has 0 atom stereocenters. The number of sulfonamides is 1. The van der Waals surface area contributed by atoms with Crippen LogP contribution in [0.25, 0.3) is 0 Å². The van der Waals surface area contributed by atoms with Gasteiger partial charge in [0.05, 0.1) is 6.54 Å². The van der Waals surface area contributed by atoms with Crippen molar-refractivity contribution in [1.29, 1.82) is 0 Å². The van der Waals surface area contributed by atoms with Gasteiger partial charge in [-0.1, -0.05) is 33.2 Å². The van der Waals surface area contributed by atoms with Crippen LogP contribution in [-0.4, -0.2) is 49.3 Å². The topological polar surface area (TPSA) is 83.7 Å². The number of hydrogen-bond donors (Lipinski definition) is 0. The molecule has 0 spiro atoms. The predicted octanol–water partition coefficient (Wildman–Crippen LogP) is 2.33. The number of benzene rings is 1. The third kappa shape index (κ3) is 4.47. The summed E-state index contributed by atoms with van der Waals surface area (Å²) < 4.78 is 32.2. The molecule has 1 aromatic carbocycles. The van der Waals surface area contributed by atoms with Gasteiger partial charge in [-0.2, -0.15) is 4.31 Å². The molecule has 25 heavy (non-hydrogen) atoms. The molecule has 9 heteroatoms. The van der Waals surface area contributed by atoms with Crippen LogP contribution in [-0.2, 0) is 21.4 Å². The smallest absolute Gasteiger partial charge is 0.248 e. The quantitative estimate of drug-likeness (QED) is 0.703. The van der Waals surface area contributed by atoms with E-state index >= 15 is 0 Å². The highest BCUT2D eigenvalue weighted by atomic mass is 79.9. The lowest BCUT2D eigenvalue weighted by molar-refractivity contribution is -0.130. The zero-order chi connectivity index (χ0) is 18.8. The highest BCUT2D eigenvalue weighted by Gasteiger charge is 2.30. The highest BCUT2D eigenvalue weighted by molar-refractivity contribution is 9.10. The Balaban J connectivity index is 2.07. The summed E-state index contributed by atoms with van der Waals surface area (Å²) in [5, 5.41) is 3.66. The van der Waals surface area contributed by atoms with Crippen LogP contribution in [0.5, 0.6) is 0 Å². The Morgan fingerprint density at radius 2 is 1.80 bits per heavy atom. The minimum absolute atomic E-state index is 0.0124. The fourth-order valence-electron chi connectivity index (χ4n) is 2.35. The summed E-state index contributed by atoms with van der Waals surface area (Å²) in [5.41, 5.74) is 1.23. The van der Waals surface area contributed by atoms with Crippen LogP contribution in [0.1, 0.15) is 17.0 Å². The summed E-state index contributed by atoms with van der Waals surface area (Å²) in [7, 11) is -0.833. The highest BCUT2D eigenvalue weighted by Crippen LogP contribution is 2.22. The lowest BCUT2D eigenvalue weighted by Crippen LogP contribution is -2.39. The van der Waals surface area contributed by atoms with Crippen molar-refractivity contribution in [3.63, 3.8) is 0 Å². The van der Waals surface area contributed by atoms with Crippen molar-refractivity contribution in [1.82, 2.24) is 14.4 Å². The van der Waals surface area contributed by atoms with Gasteiger partial charge in [-0.15, -0.1) is 0 Å². The second-order valence-electron chi connectivity index (χ2n) is 5.79. The number of likely N-dealkylation sites (N-methyl/N-ethyl adjacent to an activating group) is 2. The molecule has 7 nitrogen and oxygen atoms in total. The molecule has 0 fully saturated rings. The van der Waals surface area contributed by atoms with E-state index in [4.69, 9.17) is 4.52 Å². The van der Waals surface area contributed by atoms with E-state index in [1.165, 1.54) is 18.9 Å². The second kappa shape index (κ2) is 7.67. The lowest BCUT2D eigenvalue weighted by atomic mass is 10.2. The molecule has 0 aliphatic rings. The van der Waals surface area contributed by atoms with Crippen LogP contribution in [0.4, 0.5) is 0 Å². The first-order valence-electron chi connectivity index (χ1n) is 7.50. The van der Waals surface area contributed by atoms with Gasteiger partial charge in [0, 0.05) is 25.1 Å². The van der Waals surface area contributed by atoms with Crippen LogP contribution >= 0.6 is 15.9 Å². The first-order chi connectivity index (χ1) is 11.6. The molecule has 2 aromatic rings. The minimum atomic E-state index is -3.84. The van der Waals surface area contributed by atoms with E-state index in [0.29, 0.717) is 6.54 Å². The maximum Gasteiger partial charge on any atom is 0.248 e. The molecule has 0 saturated heterocycles. The van der Waals surface area contributed by atoms with Crippen LogP contribution in [0.3, 0.4) is 0 Å². The largest absolute Gasteiger partial charge is 0.360 e. The Morgan fingerprint density at radius 1 is 1.20 bits per heavy atom. The summed E-state index contributed by atoms with van der Waals surface area (Å²) in [6.45, 7) is 3.21. The Kier molecular flexibility index (Phi) is 6.02. The van der Waals surface area contributed by atoms with E-state index in [1.807, 2.05) is 24.3 Å². The fourth-order valence-corrected chi connectivity index (χ4v) is 4.01. The van der Waals surface area contributed by atoms with Crippen molar-refractivity contribution in [2.24, 2.45) is 0 Å². The number of carbonyl (C=O) groups excluding carboxylic acids is 1. The summed E-state index contributed by atoms with van der Waals surface area (Å²) in [4.78, 5) is 13.9. The van der Waals surface area contributed by atoms with E-state index in [9.17, 15) is 13.2 Å². The third-order valence-corrected chi connectivity index (χ3v) is 6.33. The van der Waals surface area contributed by atoms with Gasteiger partial charge in [-0.05, 0) is 31.5 Å². The van der Waals surface area contributed by atoms with Crippen molar-refractivity contribution in [2.75, 3.05) is 20.6 Å². The molecule has 136 valence electrons. The van der Waals surface area contributed by atoms with Gasteiger partial charge in [0.15, 0.2) is 5.76 Å². The Hall–Kier alpha value is -1.71. The monoisotopic (exact) mass is 429 g/mol. The molecule has 0 aliphatic carbocycles. The van der Waals surface area contributed by atoms with Crippen LogP contribution in [0.2, 0.25) is 0 Å². The molecule has 1 amide bonds. The number of hydrogen-bond acceptors (Lipinski definition) is 5. The number of aromatic nitrogens is 1. The molecule has 0 unspecified atom stereocenters. The van der Waals surface area contributed by atoms with Crippen molar-refractivity contribution in [3.8, 4) is 0 Å².